The summed E-state index contributed by atoms with van der Waals surface area (Å²) in [5, 5.41) is 15.5. The maximum atomic E-state index is 11.3. The first-order valence-corrected chi connectivity index (χ1v) is 9.09. The number of benzene rings is 3. The van der Waals surface area contributed by atoms with Crippen LogP contribution < -0.4 is 4.74 Å². The van der Waals surface area contributed by atoms with E-state index in [0.29, 0.717) is 5.75 Å². The second kappa shape index (κ2) is 7.66. The summed E-state index contributed by atoms with van der Waals surface area (Å²) in [5.74, 6) is 0.636. The van der Waals surface area contributed by atoms with E-state index in [-0.39, 0.29) is 0 Å². The van der Waals surface area contributed by atoms with Crippen molar-refractivity contribution < 1.29 is 9.84 Å². The van der Waals surface area contributed by atoms with Crippen LogP contribution in [0.4, 0.5) is 0 Å². The van der Waals surface area contributed by atoms with Gasteiger partial charge in [-0.25, -0.2) is 9.67 Å². The van der Waals surface area contributed by atoms with Gasteiger partial charge in [0.2, 0.25) is 6.23 Å². The molecule has 2 unspecified atom stereocenters. The van der Waals surface area contributed by atoms with Gasteiger partial charge in [-0.1, -0.05) is 72.8 Å². The van der Waals surface area contributed by atoms with E-state index in [9.17, 15) is 5.11 Å². The topological polar surface area (TPSA) is 60.2 Å². The molecule has 0 aliphatic rings. The third kappa shape index (κ3) is 3.66. The van der Waals surface area contributed by atoms with Crippen molar-refractivity contribution in [3.63, 3.8) is 0 Å². The summed E-state index contributed by atoms with van der Waals surface area (Å²) in [6.45, 7) is 1.72. The fourth-order valence-corrected chi connectivity index (χ4v) is 3.17. The molecule has 1 aromatic heterocycles. The van der Waals surface area contributed by atoms with Crippen LogP contribution >= 0.6 is 0 Å². The smallest absolute Gasteiger partial charge is 0.225 e. The Kier molecular flexibility index (Phi) is 4.91. The lowest BCUT2D eigenvalue weighted by Gasteiger charge is -2.33. The molecule has 5 heteroatoms. The molecule has 4 aromatic rings. The first-order chi connectivity index (χ1) is 13.6. The van der Waals surface area contributed by atoms with Gasteiger partial charge in [0.05, 0.1) is 0 Å². The van der Waals surface area contributed by atoms with Crippen molar-refractivity contribution in [3.05, 3.63) is 103 Å². The van der Waals surface area contributed by atoms with E-state index in [0.717, 1.165) is 16.7 Å². The van der Waals surface area contributed by atoms with Crippen molar-refractivity contribution in [3.8, 4) is 16.9 Å². The molecule has 3 aromatic carbocycles. The summed E-state index contributed by atoms with van der Waals surface area (Å²) < 4.78 is 7.71. The summed E-state index contributed by atoms with van der Waals surface area (Å²) in [4.78, 5) is 4.01. The monoisotopic (exact) mass is 371 g/mol. The molecule has 0 saturated heterocycles. The molecule has 140 valence electrons. The summed E-state index contributed by atoms with van der Waals surface area (Å²) in [5.41, 5.74) is 1.65. The maximum Gasteiger partial charge on any atom is 0.225 e. The van der Waals surface area contributed by atoms with E-state index in [2.05, 4.69) is 22.2 Å². The Balaban J connectivity index is 1.64. The third-order valence-corrected chi connectivity index (χ3v) is 4.73. The van der Waals surface area contributed by atoms with Crippen LogP contribution in [0.15, 0.2) is 97.6 Å². The molecule has 0 saturated carbocycles. The molecule has 0 aliphatic carbocycles. The molecule has 0 spiro atoms. The van der Waals surface area contributed by atoms with Crippen LogP contribution in [0.2, 0.25) is 0 Å². The van der Waals surface area contributed by atoms with Gasteiger partial charge >= 0.3 is 0 Å². The highest BCUT2D eigenvalue weighted by atomic mass is 16.5. The van der Waals surface area contributed by atoms with Gasteiger partial charge in [0, 0.05) is 0 Å². The van der Waals surface area contributed by atoms with Crippen molar-refractivity contribution in [2.24, 2.45) is 0 Å². The summed E-state index contributed by atoms with van der Waals surface area (Å²) in [7, 11) is 0. The van der Waals surface area contributed by atoms with E-state index < -0.39 is 11.8 Å². The van der Waals surface area contributed by atoms with Gasteiger partial charge < -0.3 is 9.84 Å². The van der Waals surface area contributed by atoms with E-state index in [1.54, 1.807) is 13.3 Å². The zero-order valence-electron chi connectivity index (χ0n) is 15.5. The van der Waals surface area contributed by atoms with E-state index in [1.807, 2.05) is 72.8 Å². The zero-order valence-corrected chi connectivity index (χ0v) is 15.5. The lowest BCUT2D eigenvalue weighted by Crippen LogP contribution is -2.38. The minimum absolute atomic E-state index is 0.636. The van der Waals surface area contributed by atoms with Crippen molar-refractivity contribution in [1.82, 2.24) is 14.8 Å². The second-order valence-corrected chi connectivity index (χ2v) is 6.75. The molecule has 0 radical (unpaired) electrons. The minimum atomic E-state index is -1.31. The Morgan fingerprint density at radius 1 is 0.857 bits per heavy atom. The quantitative estimate of drug-likeness (QED) is 0.545. The SMILES string of the molecule is CC(O)(c1ccccc1)C(Oc1ccc(-c2ccccc2)cc1)n1cncn1. The zero-order chi connectivity index (χ0) is 19.4. The standard InChI is InChI=1S/C23H21N3O2/c1-23(27,20-10-6-3-7-11-20)22(26-17-24-16-25-26)28-21-14-12-19(13-15-21)18-8-4-2-5-9-18/h2-17,22,27H,1H3. The van der Waals surface area contributed by atoms with Crippen LogP contribution in [-0.4, -0.2) is 19.9 Å². The summed E-state index contributed by atoms with van der Waals surface area (Å²) in [6, 6.07) is 27.4. The number of ether oxygens (including phenoxy) is 1. The summed E-state index contributed by atoms with van der Waals surface area (Å²) in [6.07, 6.45) is 2.19. The van der Waals surface area contributed by atoms with Gasteiger partial charge in [-0.15, -0.1) is 0 Å². The normalized spacial score (nSPS) is 14.2. The predicted octanol–water partition coefficient (Wildman–Crippen LogP) is 4.43. The van der Waals surface area contributed by atoms with Crippen LogP contribution in [0.25, 0.3) is 11.1 Å². The number of hydrogen-bond acceptors (Lipinski definition) is 4. The van der Waals surface area contributed by atoms with Gasteiger partial charge in [0.15, 0.2) is 0 Å². The number of nitrogens with zero attached hydrogens (tertiary/aromatic N) is 3. The fourth-order valence-electron chi connectivity index (χ4n) is 3.17. The Bertz CT molecular complexity index is 999. The van der Waals surface area contributed by atoms with E-state index in [1.165, 1.54) is 11.0 Å². The Hall–Kier alpha value is -3.44. The van der Waals surface area contributed by atoms with E-state index in [4.69, 9.17) is 4.74 Å². The molecular formula is C23H21N3O2. The highest BCUT2D eigenvalue weighted by Gasteiger charge is 2.38. The van der Waals surface area contributed by atoms with Crippen LogP contribution in [0.3, 0.4) is 0 Å². The average Bonchev–Trinajstić information content (AvgIpc) is 3.28. The Morgan fingerprint density at radius 2 is 1.46 bits per heavy atom. The molecular weight excluding hydrogens is 350 g/mol. The highest BCUT2D eigenvalue weighted by Crippen LogP contribution is 2.35. The van der Waals surface area contributed by atoms with Crippen molar-refractivity contribution >= 4 is 0 Å². The number of aromatic nitrogens is 3. The molecule has 28 heavy (non-hydrogen) atoms. The minimum Gasteiger partial charge on any atom is -0.465 e. The second-order valence-electron chi connectivity index (χ2n) is 6.75. The van der Waals surface area contributed by atoms with Crippen molar-refractivity contribution in [1.29, 1.82) is 0 Å². The van der Waals surface area contributed by atoms with Gasteiger partial charge in [-0.2, -0.15) is 5.10 Å². The number of hydrogen-bond donors (Lipinski definition) is 1. The van der Waals surface area contributed by atoms with Gasteiger partial charge in [-0.05, 0) is 35.7 Å². The molecule has 0 aliphatic heterocycles. The Labute approximate surface area is 163 Å². The van der Waals surface area contributed by atoms with Gasteiger partial charge in [0.25, 0.3) is 0 Å². The van der Waals surface area contributed by atoms with Crippen LogP contribution in [0.5, 0.6) is 5.75 Å². The number of rotatable bonds is 6. The van der Waals surface area contributed by atoms with Crippen molar-refractivity contribution in [2.75, 3.05) is 0 Å². The van der Waals surface area contributed by atoms with Crippen molar-refractivity contribution in [2.45, 2.75) is 18.8 Å². The molecule has 1 heterocycles. The third-order valence-electron chi connectivity index (χ3n) is 4.73. The predicted molar refractivity (Wildman–Crippen MR) is 108 cm³/mol. The fraction of sp³-hybridized carbons (Fsp3) is 0.130. The van der Waals surface area contributed by atoms with Crippen LogP contribution in [0, 0.1) is 0 Å². The van der Waals surface area contributed by atoms with Crippen LogP contribution in [0.1, 0.15) is 18.7 Å². The lowest BCUT2D eigenvalue weighted by molar-refractivity contribution is -0.0978. The van der Waals surface area contributed by atoms with Gasteiger partial charge in [0.1, 0.15) is 24.0 Å². The highest BCUT2D eigenvalue weighted by molar-refractivity contribution is 5.63. The Morgan fingerprint density at radius 3 is 2.07 bits per heavy atom. The van der Waals surface area contributed by atoms with Gasteiger partial charge in [-0.3, -0.25) is 0 Å². The molecule has 0 amide bonds. The molecule has 4 rings (SSSR count). The molecule has 0 bridgehead atoms. The maximum absolute atomic E-state index is 11.3. The average molecular weight is 371 g/mol. The summed E-state index contributed by atoms with van der Waals surface area (Å²) >= 11 is 0. The first kappa shape index (κ1) is 17.9. The molecule has 1 N–H and O–H groups in total. The molecule has 0 fully saturated rings. The first-order valence-electron chi connectivity index (χ1n) is 9.09. The van der Waals surface area contributed by atoms with E-state index >= 15 is 0 Å². The number of aliphatic hydroxyl groups is 1. The van der Waals surface area contributed by atoms with Crippen LogP contribution in [-0.2, 0) is 5.60 Å². The molecule has 2 atom stereocenters. The molecule has 5 nitrogen and oxygen atoms in total. The lowest BCUT2D eigenvalue weighted by atomic mass is 9.94. The largest absolute Gasteiger partial charge is 0.465 e.